The molecule has 0 saturated heterocycles. The van der Waals surface area contributed by atoms with Crippen LogP contribution in [0.1, 0.15) is 21.6 Å². The molecule has 5 nitrogen and oxygen atoms in total. The summed E-state index contributed by atoms with van der Waals surface area (Å²) in [6.45, 7) is 6.66. The van der Waals surface area contributed by atoms with Crippen molar-refractivity contribution in [2.75, 3.05) is 11.9 Å². The van der Waals surface area contributed by atoms with Crippen molar-refractivity contribution in [3.05, 3.63) is 66.1 Å². The number of amides is 1. The molecule has 0 atom stereocenters. The van der Waals surface area contributed by atoms with E-state index in [1.807, 2.05) is 12.1 Å². The van der Waals surface area contributed by atoms with Gasteiger partial charge in [-0.3, -0.25) is 4.79 Å². The van der Waals surface area contributed by atoms with Crippen LogP contribution in [0.2, 0.25) is 0 Å². The van der Waals surface area contributed by atoms with Crippen LogP contribution in [0.4, 0.5) is 5.82 Å². The number of hydrogen-bond acceptors (Lipinski definition) is 4. The van der Waals surface area contributed by atoms with Crippen molar-refractivity contribution in [2.24, 2.45) is 0 Å². The fourth-order valence-electron chi connectivity index (χ4n) is 1.85. The minimum atomic E-state index is -0.240. The molecule has 0 aliphatic rings. The average molecular weight is 282 g/mol. The van der Waals surface area contributed by atoms with E-state index in [2.05, 4.69) is 46.2 Å². The van der Waals surface area contributed by atoms with Gasteiger partial charge in [-0.2, -0.15) is 0 Å². The number of aryl methyl sites for hydroxylation is 1. The maximum absolute atomic E-state index is 11.8. The van der Waals surface area contributed by atoms with Crippen LogP contribution in [0.15, 0.2) is 49.3 Å². The summed E-state index contributed by atoms with van der Waals surface area (Å²) >= 11 is 0. The zero-order valence-corrected chi connectivity index (χ0v) is 12.0. The normalized spacial score (nSPS) is 9.95. The molecule has 108 valence electrons. The third-order valence-corrected chi connectivity index (χ3v) is 2.86. The largest absolute Gasteiger partial charge is 0.366 e. The molecule has 0 spiro atoms. The molecule has 1 aromatic heterocycles. The summed E-state index contributed by atoms with van der Waals surface area (Å²) in [6, 6.07) is 9.84. The summed E-state index contributed by atoms with van der Waals surface area (Å²) in [5.74, 6) is 0.381. The Kier molecular flexibility index (Phi) is 5.04. The molecule has 0 bridgehead atoms. The smallest absolute Gasteiger partial charge is 0.270 e. The summed E-state index contributed by atoms with van der Waals surface area (Å²) in [6.07, 6.45) is 3.00. The van der Waals surface area contributed by atoms with Gasteiger partial charge >= 0.3 is 0 Å². The van der Waals surface area contributed by atoms with Gasteiger partial charge in [-0.25, -0.2) is 9.97 Å². The van der Waals surface area contributed by atoms with Crippen molar-refractivity contribution < 1.29 is 4.79 Å². The zero-order chi connectivity index (χ0) is 15.1. The first kappa shape index (κ1) is 14.7. The van der Waals surface area contributed by atoms with Gasteiger partial charge in [0.15, 0.2) is 0 Å². The van der Waals surface area contributed by atoms with Crippen LogP contribution in [-0.4, -0.2) is 22.4 Å². The molecule has 2 rings (SSSR count). The first-order valence-corrected chi connectivity index (χ1v) is 6.69. The topological polar surface area (TPSA) is 66.9 Å². The molecule has 5 heteroatoms. The van der Waals surface area contributed by atoms with Crippen LogP contribution < -0.4 is 10.6 Å². The Balaban J connectivity index is 2.00. The predicted octanol–water partition coefficient (Wildman–Crippen LogP) is 2.31. The summed E-state index contributed by atoms with van der Waals surface area (Å²) in [4.78, 5) is 19.9. The molecule has 1 heterocycles. The lowest BCUT2D eigenvalue weighted by atomic mass is 10.1. The highest BCUT2D eigenvalue weighted by Gasteiger charge is 2.07. The van der Waals surface area contributed by atoms with Gasteiger partial charge in [0, 0.05) is 19.2 Å². The Morgan fingerprint density at radius 3 is 2.95 bits per heavy atom. The van der Waals surface area contributed by atoms with Crippen LogP contribution in [0, 0.1) is 6.92 Å². The number of nitrogens with zero attached hydrogens (tertiary/aromatic N) is 2. The van der Waals surface area contributed by atoms with Crippen LogP contribution in [0.5, 0.6) is 0 Å². The Morgan fingerprint density at radius 2 is 2.19 bits per heavy atom. The lowest BCUT2D eigenvalue weighted by Crippen LogP contribution is -2.24. The van der Waals surface area contributed by atoms with Gasteiger partial charge in [-0.1, -0.05) is 35.9 Å². The number of carbonyl (C=O) groups is 1. The molecule has 0 unspecified atom stereocenters. The number of hydrogen-bond donors (Lipinski definition) is 2. The average Bonchev–Trinajstić information content (AvgIpc) is 2.51. The Labute approximate surface area is 124 Å². The molecular formula is C16H18N4O. The number of carbonyl (C=O) groups excluding carboxylic acids is 1. The van der Waals surface area contributed by atoms with Crippen LogP contribution in [0.25, 0.3) is 0 Å². The summed E-state index contributed by atoms with van der Waals surface area (Å²) in [5, 5.41) is 5.87. The van der Waals surface area contributed by atoms with Crippen molar-refractivity contribution in [1.82, 2.24) is 15.3 Å². The molecule has 1 aromatic carbocycles. The SMILES string of the molecule is C=CCNC(=O)c1cc(NCc2cccc(C)c2)ncn1. The first-order valence-electron chi connectivity index (χ1n) is 6.69. The van der Waals surface area contributed by atoms with E-state index >= 15 is 0 Å². The minimum absolute atomic E-state index is 0.240. The summed E-state index contributed by atoms with van der Waals surface area (Å²) in [5.41, 5.74) is 2.70. The maximum atomic E-state index is 11.8. The van der Waals surface area contributed by atoms with Crippen molar-refractivity contribution in [3.8, 4) is 0 Å². The van der Waals surface area contributed by atoms with E-state index in [4.69, 9.17) is 0 Å². The maximum Gasteiger partial charge on any atom is 0.270 e. The number of anilines is 1. The number of aromatic nitrogens is 2. The molecule has 0 fully saturated rings. The van der Waals surface area contributed by atoms with Gasteiger partial charge in [-0.05, 0) is 12.5 Å². The Hall–Kier alpha value is -2.69. The van der Waals surface area contributed by atoms with Crippen molar-refractivity contribution >= 4 is 11.7 Å². The Bertz CT molecular complexity index is 640. The van der Waals surface area contributed by atoms with Crippen LogP contribution in [-0.2, 0) is 6.54 Å². The van der Waals surface area contributed by atoms with Crippen LogP contribution >= 0.6 is 0 Å². The number of nitrogens with one attached hydrogen (secondary N) is 2. The molecular weight excluding hydrogens is 264 g/mol. The fourth-order valence-corrected chi connectivity index (χ4v) is 1.85. The predicted molar refractivity (Wildman–Crippen MR) is 83.1 cm³/mol. The highest BCUT2D eigenvalue weighted by atomic mass is 16.1. The van der Waals surface area contributed by atoms with E-state index < -0.39 is 0 Å². The van der Waals surface area contributed by atoms with E-state index in [0.29, 0.717) is 24.6 Å². The minimum Gasteiger partial charge on any atom is -0.366 e. The van der Waals surface area contributed by atoms with Gasteiger partial charge in [-0.15, -0.1) is 6.58 Å². The highest BCUT2D eigenvalue weighted by molar-refractivity contribution is 5.92. The van der Waals surface area contributed by atoms with Gasteiger partial charge < -0.3 is 10.6 Å². The fraction of sp³-hybridized carbons (Fsp3) is 0.188. The van der Waals surface area contributed by atoms with Crippen molar-refractivity contribution in [3.63, 3.8) is 0 Å². The van der Waals surface area contributed by atoms with Gasteiger partial charge in [0.1, 0.15) is 17.8 Å². The Morgan fingerprint density at radius 1 is 1.33 bits per heavy atom. The highest BCUT2D eigenvalue weighted by Crippen LogP contribution is 2.08. The molecule has 0 radical (unpaired) electrons. The van der Waals surface area contributed by atoms with Crippen LogP contribution in [0.3, 0.4) is 0 Å². The monoisotopic (exact) mass is 282 g/mol. The summed E-state index contributed by atoms with van der Waals surface area (Å²) in [7, 11) is 0. The molecule has 2 aromatic rings. The molecule has 0 aliphatic carbocycles. The molecule has 2 N–H and O–H groups in total. The van der Waals surface area contributed by atoms with Gasteiger partial charge in [0.05, 0.1) is 0 Å². The lowest BCUT2D eigenvalue weighted by molar-refractivity contribution is 0.0953. The second-order valence-corrected chi connectivity index (χ2v) is 4.63. The molecule has 21 heavy (non-hydrogen) atoms. The lowest BCUT2D eigenvalue weighted by Gasteiger charge is -2.07. The van der Waals surface area contributed by atoms with Crippen molar-refractivity contribution in [2.45, 2.75) is 13.5 Å². The standard InChI is InChI=1S/C16H18N4O/c1-3-7-17-16(21)14-9-15(20-11-19-14)18-10-13-6-4-5-12(2)8-13/h3-6,8-9,11H,1,7,10H2,2H3,(H,17,21)(H,18,19,20). The summed E-state index contributed by atoms with van der Waals surface area (Å²) < 4.78 is 0. The van der Waals surface area contributed by atoms with E-state index in [1.54, 1.807) is 12.1 Å². The molecule has 0 aliphatic heterocycles. The number of rotatable bonds is 6. The third kappa shape index (κ3) is 4.42. The van der Waals surface area contributed by atoms with E-state index in [9.17, 15) is 4.79 Å². The number of benzene rings is 1. The zero-order valence-electron chi connectivity index (χ0n) is 12.0. The van der Waals surface area contributed by atoms with Crippen molar-refractivity contribution in [1.29, 1.82) is 0 Å². The molecule has 0 saturated carbocycles. The second-order valence-electron chi connectivity index (χ2n) is 4.63. The second kappa shape index (κ2) is 7.19. The third-order valence-electron chi connectivity index (χ3n) is 2.86. The quantitative estimate of drug-likeness (QED) is 0.798. The van der Waals surface area contributed by atoms with Gasteiger partial charge in [0.2, 0.25) is 0 Å². The van der Waals surface area contributed by atoms with E-state index in [1.165, 1.54) is 11.9 Å². The molecule has 1 amide bonds. The first-order chi connectivity index (χ1) is 10.2. The van der Waals surface area contributed by atoms with Gasteiger partial charge in [0.25, 0.3) is 5.91 Å². The van der Waals surface area contributed by atoms with E-state index in [-0.39, 0.29) is 5.91 Å². The van der Waals surface area contributed by atoms with E-state index in [0.717, 1.165) is 5.56 Å².